The Kier molecular flexibility index (Phi) is 5.61. The Balaban J connectivity index is 5.20. The van der Waals surface area contributed by atoms with Crippen LogP contribution >= 0.6 is 16.5 Å². The van der Waals surface area contributed by atoms with E-state index in [1.165, 1.54) is 0 Å². The van der Waals surface area contributed by atoms with Crippen LogP contribution in [0.15, 0.2) is 4.52 Å². The van der Waals surface area contributed by atoms with Crippen molar-refractivity contribution in [3.8, 4) is 0 Å². The fraction of sp³-hybridized carbons (Fsp3) is 1.00. The number of hydrogen-bond acceptors (Lipinski definition) is 2. The average Bonchev–Trinajstić information content (AvgIpc) is 1.97. The van der Waals surface area contributed by atoms with Crippen LogP contribution in [0.2, 0.25) is 0 Å². The van der Waals surface area contributed by atoms with Crippen molar-refractivity contribution in [3.05, 3.63) is 0 Å². The highest BCUT2D eigenvalue weighted by Gasteiger charge is 2.26. The van der Waals surface area contributed by atoms with Gasteiger partial charge >= 0.3 is 0 Å². The van der Waals surface area contributed by atoms with Crippen LogP contribution in [0.4, 0.5) is 0 Å². The average molecular weight is 225 g/mol. The molecule has 5 nitrogen and oxygen atoms in total. The van der Waals surface area contributed by atoms with Crippen LogP contribution in [-0.4, -0.2) is 56.3 Å². The molecule has 0 amide bonds. The van der Waals surface area contributed by atoms with Crippen LogP contribution in [0.1, 0.15) is 0 Å². The fourth-order valence-corrected chi connectivity index (χ4v) is 6.13. The summed E-state index contributed by atoms with van der Waals surface area (Å²) < 4.78 is 10.3. The summed E-state index contributed by atoms with van der Waals surface area (Å²) >= 11 is 0. The molecule has 0 rings (SSSR count). The Hall–Kier alpha value is 0.500. The monoisotopic (exact) mass is 225 g/mol. The molecule has 0 saturated heterocycles. The van der Waals surface area contributed by atoms with Crippen molar-refractivity contribution < 1.29 is 4.89 Å². The number of rotatable bonds is 4. The van der Waals surface area contributed by atoms with Crippen molar-refractivity contribution in [2.75, 3.05) is 42.3 Å². The summed E-state index contributed by atoms with van der Waals surface area (Å²) in [5.41, 5.74) is 0. The van der Waals surface area contributed by atoms with Gasteiger partial charge in [-0.2, -0.15) is 0 Å². The molecule has 0 aliphatic carbocycles. The molecule has 7 heteroatoms. The molecule has 13 heavy (non-hydrogen) atoms. The van der Waals surface area contributed by atoms with Crippen molar-refractivity contribution in [1.29, 1.82) is 0 Å². The Morgan fingerprint density at radius 2 is 1.23 bits per heavy atom. The van der Waals surface area contributed by atoms with Crippen molar-refractivity contribution in [1.82, 2.24) is 14.0 Å². The summed E-state index contributed by atoms with van der Waals surface area (Å²) in [6.07, 6.45) is 0. The van der Waals surface area contributed by atoms with Gasteiger partial charge in [-0.25, -0.2) is 0 Å². The first-order valence-corrected chi connectivity index (χ1v) is 6.37. The highest BCUT2D eigenvalue weighted by molar-refractivity contribution is 7.63. The highest BCUT2D eigenvalue weighted by atomic mass is 31.2. The smallest absolute Gasteiger partial charge is 0.168 e. The summed E-state index contributed by atoms with van der Waals surface area (Å²) in [5.74, 6) is 0. The van der Waals surface area contributed by atoms with Crippen LogP contribution < -0.4 is 4.89 Å². The topological polar surface area (TPSA) is 45.1 Å². The molecule has 0 spiro atoms. The lowest BCUT2D eigenvalue weighted by Gasteiger charge is -2.41. The third kappa shape index (κ3) is 2.72. The van der Waals surface area contributed by atoms with Gasteiger partial charge in [0.05, 0.1) is 0 Å². The van der Waals surface area contributed by atoms with Crippen molar-refractivity contribution in [3.63, 3.8) is 0 Å². The normalized spacial score (nSPS) is 14.0. The molecule has 0 heterocycles. The molecule has 0 bridgehead atoms. The Labute approximate surface area is 82.9 Å². The minimum atomic E-state index is -1.89. The zero-order valence-electron chi connectivity index (χ0n) is 9.14. The Bertz CT molecular complexity index is 176. The molecule has 1 atom stereocenters. The minimum Gasteiger partial charge on any atom is -0.814 e. The van der Waals surface area contributed by atoms with Crippen LogP contribution in [0.5, 0.6) is 0 Å². The lowest BCUT2D eigenvalue weighted by Crippen LogP contribution is -2.30. The molecular weight excluding hydrogens is 206 g/mol. The summed E-state index contributed by atoms with van der Waals surface area (Å²) in [6.45, 7) is 0. The zero-order chi connectivity index (χ0) is 10.6. The standard InChI is InChI=1S/C6H19N4OP2/c1-8(2)13(7-12-11,9(3)4)10(5)6/h12H,1-6H3/q-1. The first-order valence-electron chi connectivity index (χ1n) is 3.91. The highest BCUT2D eigenvalue weighted by Crippen LogP contribution is 2.56. The molecular formula is C6H19N4OP2-. The van der Waals surface area contributed by atoms with E-state index in [1.807, 2.05) is 56.3 Å². The van der Waals surface area contributed by atoms with E-state index in [9.17, 15) is 4.89 Å². The SMILES string of the molecule is CN(C)P(=NP[O-])(N(C)C)N(C)C. The molecule has 0 aliphatic heterocycles. The van der Waals surface area contributed by atoms with E-state index in [0.717, 1.165) is 0 Å². The second-order valence-electron chi connectivity index (χ2n) is 3.27. The van der Waals surface area contributed by atoms with Crippen LogP contribution in [0.3, 0.4) is 0 Å². The molecule has 0 N–H and O–H groups in total. The Morgan fingerprint density at radius 1 is 0.923 bits per heavy atom. The maximum Gasteiger partial charge on any atom is 0.168 e. The molecule has 0 aliphatic rings. The van der Waals surface area contributed by atoms with Gasteiger partial charge in [-0.05, 0) is 42.3 Å². The van der Waals surface area contributed by atoms with Crippen molar-refractivity contribution in [2.24, 2.45) is 4.52 Å². The summed E-state index contributed by atoms with van der Waals surface area (Å²) in [6, 6.07) is 0. The van der Waals surface area contributed by atoms with Crippen molar-refractivity contribution in [2.45, 2.75) is 0 Å². The molecule has 0 radical (unpaired) electrons. The predicted octanol–water partition coefficient (Wildman–Crippen LogP) is 0.486. The summed E-state index contributed by atoms with van der Waals surface area (Å²) in [4.78, 5) is 10.7. The van der Waals surface area contributed by atoms with Gasteiger partial charge in [0.2, 0.25) is 0 Å². The predicted molar refractivity (Wildman–Crippen MR) is 58.7 cm³/mol. The van der Waals surface area contributed by atoms with Crippen LogP contribution in [-0.2, 0) is 0 Å². The van der Waals surface area contributed by atoms with E-state index in [0.29, 0.717) is 0 Å². The van der Waals surface area contributed by atoms with Gasteiger partial charge in [0.1, 0.15) is 0 Å². The quantitative estimate of drug-likeness (QED) is 0.653. The minimum absolute atomic E-state index is 0.613. The summed E-state index contributed by atoms with van der Waals surface area (Å²) in [5, 5.41) is 0. The van der Waals surface area contributed by atoms with Gasteiger partial charge in [0.15, 0.2) is 7.51 Å². The van der Waals surface area contributed by atoms with Crippen molar-refractivity contribution >= 4 is 16.5 Å². The van der Waals surface area contributed by atoms with E-state index in [2.05, 4.69) is 4.52 Å². The van der Waals surface area contributed by atoms with Gasteiger partial charge in [-0.3, -0.25) is 18.5 Å². The summed E-state index contributed by atoms with van der Waals surface area (Å²) in [7, 11) is 9.23. The zero-order valence-corrected chi connectivity index (χ0v) is 11.0. The second kappa shape index (κ2) is 5.40. The fourth-order valence-electron chi connectivity index (χ4n) is 1.40. The van der Waals surface area contributed by atoms with Crippen LogP contribution in [0.25, 0.3) is 0 Å². The molecule has 0 saturated carbocycles. The molecule has 0 aromatic rings. The van der Waals surface area contributed by atoms with Crippen LogP contribution in [0, 0.1) is 0 Å². The molecule has 1 unspecified atom stereocenters. The van der Waals surface area contributed by atoms with E-state index in [4.69, 9.17) is 0 Å². The van der Waals surface area contributed by atoms with Gasteiger partial charge in [-0.1, -0.05) is 8.96 Å². The molecule has 80 valence electrons. The van der Waals surface area contributed by atoms with E-state index in [1.54, 1.807) is 0 Å². The number of hydrogen-bond donors (Lipinski definition) is 0. The van der Waals surface area contributed by atoms with Gasteiger partial charge < -0.3 is 4.89 Å². The lowest BCUT2D eigenvalue weighted by atomic mass is 11.2. The van der Waals surface area contributed by atoms with E-state index < -0.39 is 16.5 Å². The van der Waals surface area contributed by atoms with E-state index >= 15 is 0 Å². The maximum absolute atomic E-state index is 10.7. The maximum atomic E-state index is 10.7. The number of nitrogens with zero attached hydrogens (tertiary/aromatic N) is 4. The van der Waals surface area contributed by atoms with Gasteiger partial charge in [0.25, 0.3) is 0 Å². The molecule has 0 aromatic carbocycles. The third-order valence-electron chi connectivity index (χ3n) is 1.78. The van der Waals surface area contributed by atoms with Gasteiger partial charge in [0, 0.05) is 0 Å². The lowest BCUT2D eigenvalue weighted by molar-refractivity contribution is -0.150. The molecule has 0 aromatic heterocycles. The first-order chi connectivity index (χ1) is 5.89. The Morgan fingerprint density at radius 3 is 1.31 bits per heavy atom. The van der Waals surface area contributed by atoms with E-state index in [-0.39, 0.29) is 0 Å². The van der Waals surface area contributed by atoms with Gasteiger partial charge in [-0.15, -0.1) is 0 Å². The third-order valence-corrected chi connectivity index (χ3v) is 6.40. The second-order valence-corrected chi connectivity index (χ2v) is 7.73. The first kappa shape index (κ1) is 13.5. The largest absolute Gasteiger partial charge is 0.814 e. The molecule has 0 fully saturated rings.